The number of hydrogen-bond donors (Lipinski definition) is 3. The standard InChI is InChI=1S/C21H23N3O4/c22-19(25)13-18-21(27)23-11-10-14-4-7-16(8-5-14)28-17-3-1-2-15(12-17)6-9-20(26)24-18/h1-5,7-8,12,18H,6,9-11,13H2,(H2,22,25)(H,23,27)(H,24,26)/t18-/m0/s1. The van der Waals surface area contributed by atoms with E-state index in [9.17, 15) is 14.4 Å². The molecule has 2 aromatic carbocycles. The predicted octanol–water partition coefficient (Wildman–Crippen LogP) is 1.44. The average molecular weight is 381 g/mol. The summed E-state index contributed by atoms with van der Waals surface area (Å²) in [6.45, 7) is 0.380. The molecular weight excluding hydrogens is 358 g/mol. The van der Waals surface area contributed by atoms with E-state index in [-0.39, 0.29) is 18.7 Å². The Hall–Kier alpha value is -3.35. The van der Waals surface area contributed by atoms with Gasteiger partial charge in [0.15, 0.2) is 0 Å². The second-order valence-electron chi connectivity index (χ2n) is 6.72. The van der Waals surface area contributed by atoms with Crippen LogP contribution < -0.4 is 21.1 Å². The minimum absolute atomic E-state index is 0.181. The van der Waals surface area contributed by atoms with Crippen molar-refractivity contribution in [2.45, 2.75) is 31.7 Å². The lowest BCUT2D eigenvalue weighted by Gasteiger charge is -2.17. The van der Waals surface area contributed by atoms with E-state index in [0.717, 1.165) is 11.1 Å². The number of rotatable bonds is 2. The second-order valence-corrected chi connectivity index (χ2v) is 6.72. The first-order valence-electron chi connectivity index (χ1n) is 9.21. The molecule has 4 rings (SSSR count). The van der Waals surface area contributed by atoms with Crippen LogP contribution in [-0.2, 0) is 27.2 Å². The number of carbonyl (C=O) groups excluding carboxylic acids is 3. The minimum Gasteiger partial charge on any atom is -0.457 e. The lowest BCUT2D eigenvalue weighted by atomic mass is 10.1. The van der Waals surface area contributed by atoms with Crippen molar-refractivity contribution in [2.75, 3.05) is 6.54 Å². The van der Waals surface area contributed by atoms with Crippen molar-refractivity contribution in [3.05, 3.63) is 59.7 Å². The smallest absolute Gasteiger partial charge is 0.243 e. The van der Waals surface area contributed by atoms with Crippen molar-refractivity contribution in [3.8, 4) is 11.5 Å². The third kappa shape index (κ3) is 5.57. The van der Waals surface area contributed by atoms with Gasteiger partial charge in [-0.1, -0.05) is 24.3 Å². The van der Waals surface area contributed by atoms with Crippen LogP contribution in [0, 0.1) is 0 Å². The van der Waals surface area contributed by atoms with E-state index in [2.05, 4.69) is 10.6 Å². The van der Waals surface area contributed by atoms with Gasteiger partial charge in [0, 0.05) is 13.0 Å². The Morgan fingerprint density at radius 1 is 1.00 bits per heavy atom. The van der Waals surface area contributed by atoms with Gasteiger partial charge in [-0.3, -0.25) is 14.4 Å². The molecule has 0 aromatic heterocycles. The SMILES string of the molecule is NC(=O)C[C@@H]1NC(=O)CCc2cccc(c2)Oc2ccc(cc2)CCNC1=O. The summed E-state index contributed by atoms with van der Waals surface area (Å²) in [6, 6.07) is 14.2. The van der Waals surface area contributed by atoms with Gasteiger partial charge in [0.05, 0.1) is 6.42 Å². The van der Waals surface area contributed by atoms with Crippen LogP contribution in [0.2, 0.25) is 0 Å². The predicted molar refractivity (Wildman–Crippen MR) is 104 cm³/mol. The number of nitrogens with one attached hydrogen (secondary N) is 2. The molecule has 1 atom stereocenters. The molecule has 0 spiro atoms. The summed E-state index contributed by atoms with van der Waals surface area (Å²) < 4.78 is 5.88. The Labute approximate surface area is 163 Å². The number of primary amides is 1. The molecular formula is C21H23N3O4. The van der Waals surface area contributed by atoms with Gasteiger partial charge in [-0.15, -0.1) is 0 Å². The molecule has 7 nitrogen and oxygen atoms in total. The molecule has 0 aliphatic carbocycles. The first kappa shape index (κ1) is 19.4. The number of ether oxygens (including phenoxy) is 1. The van der Waals surface area contributed by atoms with Crippen LogP contribution in [0.3, 0.4) is 0 Å². The molecule has 7 heteroatoms. The normalized spacial score (nSPS) is 17.8. The highest BCUT2D eigenvalue weighted by Gasteiger charge is 2.22. The van der Waals surface area contributed by atoms with E-state index < -0.39 is 17.9 Å². The van der Waals surface area contributed by atoms with Crippen molar-refractivity contribution in [3.63, 3.8) is 0 Å². The lowest BCUT2D eigenvalue weighted by molar-refractivity contribution is -0.131. The molecule has 0 saturated carbocycles. The van der Waals surface area contributed by atoms with Gasteiger partial charge in [-0.05, 0) is 48.2 Å². The van der Waals surface area contributed by atoms with E-state index in [1.54, 1.807) is 0 Å². The van der Waals surface area contributed by atoms with Gasteiger partial charge in [0.1, 0.15) is 17.5 Å². The van der Waals surface area contributed by atoms with Crippen LogP contribution >= 0.6 is 0 Å². The molecule has 4 bridgehead atoms. The van der Waals surface area contributed by atoms with E-state index in [4.69, 9.17) is 10.5 Å². The number of aryl methyl sites for hydroxylation is 1. The van der Waals surface area contributed by atoms with Crippen molar-refractivity contribution in [1.29, 1.82) is 0 Å². The van der Waals surface area contributed by atoms with Gasteiger partial charge < -0.3 is 21.1 Å². The summed E-state index contributed by atoms with van der Waals surface area (Å²) in [7, 11) is 0. The topological polar surface area (TPSA) is 111 Å². The van der Waals surface area contributed by atoms with Crippen molar-refractivity contribution in [2.24, 2.45) is 5.73 Å². The summed E-state index contributed by atoms with van der Waals surface area (Å²) >= 11 is 0. The Morgan fingerprint density at radius 2 is 1.79 bits per heavy atom. The van der Waals surface area contributed by atoms with Crippen molar-refractivity contribution in [1.82, 2.24) is 10.6 Å². The molecule has 4 N–H and O–H groups in total. The molecule has 0 radical (unpaired) electrons. The van der Waals surface area contributed by atoms with Crippen LogP contribution in [0.25, 0.3) is 0 Å². The van der Waals surface area contributed by atoms with Gasteiger partial charge in [0.25, 0.3) is 0 Å². The molecule has 0 saturated heterocycles. The molecule has 2 aromatic rings. The van der Waals surface area contributed by atoms with Gasteiger partial charge in [-0.2, -0.15) is 0 Å². The molecule has 28 heavy (non-hydrogen) atoms. The number of benzene rings is 2. The molecule has 146 valence electrons. The highest BCUT2D eigenvalue weighted by Crippen LogP contribution is 2.23. The minimum atomic E-state index is -0.974. The summed E-state index contributed by atoms with van der Waals surface area (Å²) in [6.07, 6.45) is 1.03. The molecule has 0 unspecified atom stereocenters. The number of hydrogen-bond acceptors (Lipinski definition) is 4. The van der Waals surface area contributed by atoms with Crippen molar-refractivity contribution >= 4 is 17.7 Å². The zero-order valence-corrected chi connectivity index (χ0v) is 15.4. The number of nitrogens with two attached hydrogens (primary N) is 1. The highest BCUT2D eigenvalue weighted by molar-refractivity contribution is 5.91. The first-order chi connectivity index (χ1) is 13.5. The van der Waals surface area contributed by atoms with Crippen molar-refractivity contribution < 1.29 is 19.1 Å². The van der Waals surface area contributed by atoms with Gasteiger partial charge in [0.2, 0.25) is 17.7 Å². The second kappa shape index (κ2) is 9.03. The maximum absolute atomic E-state index is 12.4. The fraction of sp³-hybridized carbons (Fsp3) is 0.286. The van der Waals surface area contributed by atoms with E-state index in [1.165, 1.54) is 0 Å². The third-order valence-electron chi connectivity index (χ3n) is 4.47. The van der Waals surface area contributed by atoms with Crippen LogP contribution in [-0.4, -0.2) is 30.3 Å². The number of fused-ring (bicyclic) bond motifs is 10. The Bertz CT molecular complexity index is 864. The molecule has 2 aliphatic heterocycles. The summed E-state index contributed by atoms with van der Waals surface area (Å²) in [5, 5.41) is 5.36. The zero-order chi connectivity index (χ0) is 19.9. The lowest BCUT2D eigenvalue weighted by Crippen LogP contribution is -2.49. The van der Waals surface area contributed by atoms with Crippen LogP contribution in [0.4, 0.5) is 0 Å². The van der Waals surface area contributed by atoms with Crippen LogP contribution in [0.5, 0.6) is 11.5 Å². The summed E-state index contributed by atoms with van der Waals surface area (Å²) in [4.78, 5) is 36.0. The first-order valence-corrected chi connectivity index (χ1v) is 9.21. The third-order valence-corrected chi connectivity index (χ3v) is 4.47. The van der Waals surface area contributed by atoms with Crippen LogP contribution in [0.15, 0.2) is 48.5 Å². The van der Waals surface area contributed by atoms with E-state index >= 15 is 0 Å². The van der Waals surface area contributed by atoms with Crippen LogP contribution in [0.1, 0.15) is 24.0 Å². The monoisotopic (exact) mass is 381 g/mol. The Balaban J connectivity index is 1.82. The number of carbonyl (C=O) groups is 3. The highest BCUT2D eigenvalue weighted by atomic mass is 16.5. The molecule has 3 amide bonds. The largest absolute Gasteiger partial charge is 0.457 e. The fourth-order valence-corrected chi connectivity index (χ4v) is 3.01. The summed E-state index contributed by atoms with van der Waals surface area (Å²) in [5.74, 6) is 0.0290. The van der Waals surface area contributed by atoms with Gasteiger partial charge in [-0.25, -0.2) is 0 Å². The quantitative estimate of drug-likeness (QED) is 0.731. The Kier molecular flexibility index (Phi) is 6.26. The average Bonchev–Trinajstić information content (AvgIpc) is 2.66. The maximum atomic E-state index is 12.4. The molecule has 2 heterocycles. The number of amides is 3. The molecule has 0 fully saturated rings. The molecule has 2 aliphatic rings. The van der Waals surface area contributed by atoms with Gasteiger partial charge >= 0.3 is 0 Å². The Morgan fingerprint density at radius 3 is 2.54 bits per heavy atom. The fourth-order valence-electron chi connectivity index (χ4n) is 3.01. The summed E-state index contributed by atoms with van der Waals surface area (Å²) in [5.41, 5.74) is 7.19. The zero-order valence-electron chi connectivity index (χ0n) is 15.4. The van der Waals surface area contributed by atoms with E-state index in [1.807, 2.05) is 48.5 Å². The van der Waals surface area contributed by atoms with E-state index in [0.29, 0.717) is 30.9 Å². The maximum Gasteiger partial charge on any atom is 0.243 e.